The molecule has 0 amide bonds. The number of halogens is 1. The van der Waals surface area contributed by atoms with Gasteiger partial charge in [-0.05, 0) is 40.2 Å². The second kappa shape index (κ2) is 5.88. The number of nitro benzene ring substituents is 1. The van der Waals surface area contributed by atoms with Gasteiger partial charge in [-0.15, -0.1) is 0 Å². The summed E-state index contributed by atoms with van der Waals surface area (Å²) in [7, 11) is 0. The largest absolute Gasteiger partial charge is 0.504 e. The Bertz CT molecular complexity index is 705. The van der Waals surface area contributed by atoms with Gasteiger partial charge in [-0.25, -0.2) is 0 Å². The molecule has 0 aliphatic rings. The molecular weight excluding hydrogens is 344 g/mol. The normalized spacial score (nSPS) is 10.3. The summed E-state index contributed by atoms with van der Waals surface area (Å²) in [5, 5.41) is 42.0. The van der Waals surface area contributed by atoms with Gasteiger partial charge in [-0.1, -0.05) is 0 Å². The molecule has 0 spiro atoms. The number of nitro groups is 1. The molecule has 110 valence electrons. The van der Waals surface area contributed by atoms with Crippen molar-refractivity contribution in [1.82, 2.24) is 0 Å². The minimum Gasteiger partial charge on any atom is -0.504 e. The Morgan fingerprint density at radius 3 is 2.52 bits per heavy atom. The number of nitrogens with zero attached hydrogens (tertiary/aromatic N) is 1. The molecule has 2 aromatic rings. The number of phenols is 3. The van der Waals surface area contributed by atoms with E-state index in [9.17, 15) is 25.4 Å². The molecule has 0 aromatic heterocycles. The Labute approximate surface area is 127 Å². The van der Waals surface area contributed by atoms with Crippen molar-refractivity contribution in [3.8, 4) is 17.2 Å². The Morgan fingerprint density at radius 1 is 1.14 bits per heavy atom. The minimum atomic E-state index is -0.601. The zero-order valence-corrected chi connectivity index (χ0v) is 12.2. The van der Waals surface area contributed by atoms with E-state index in [1.54, 1.807) is 6.07 Å². The van der Waals surface area contributed by atoms with Crippen LogP contribution < -0.4 is 5.32 Å². The molecular formula is C13H11BrN2O5. The highest BCUT2D eigenvalue weighted by molar-refractivity contribution is 9.10. The van der Waals surface area contributed by atoms with Crippen molar-refractivity contribution in [2.24, 2.45) is 0 Å². The van der Waals surface area contributed by atoms with Gasteiger partial charge in [0.05, 0.1) is 9.40 Å². The van der Waals surface area contributed by atoms with Crippen LogP contribution in [0.1, 0.15) is 5.56 Å². The molecule has 7 nitrogen and oxygen atoms in total. The zero-order valence-electron chi connectivity index (χ0n) is 10.6. The van der Waals surface area contributed by atoms with Crippen LogP contribution in [0.25, 0.3) is 0 Å². The molecule has 2 rings (SSSR count). The topological polar surface area (TPSA) is 116 Å². The van der Waals surface area contributed by atoms with Gasteiger partial charge in [0.15, 0.2) is 11.5 Å². The fraction of sp³-hybridized carbons (Fsp3) is 0.0769. The average molecular weight is 355 g/mol. The molecule has 0 aliphatic carbocycles. The van der Waals surface area contributed by atoms with E-state index in [1.807, 2.05) is 0 Å². The van der Waals surface area contributed by atoms with E-state index in [0.717, 1.165) is 0 Å². The van der Waals surface area contributed by atoms with Gasteiger partial charge in [0.1, 0.15) is 0 Å². The lowest BCUT2D eigenvalue weighted by atomic mass is 10.1. The van der Waals surface area contributed by atoms with Crippen LogP contribution in [0, 0.1) is 10.1 Å². The Balaban J connectivity index is 2.19. The summed E-state index contributed by atoms with van der Waals surface area (Å²) in [4.78, 5) is 10.3. The molecule has 0 saturated heterocycles. The van der Waals surface area contributed by atoms with E-state index < -0.39 is 22.2 Å². The van der Waals surface area contributed by atoms with Crippen molar-refractivity contribution in [2.45, 2.75) is 6.54 Å². The second-order valence-electron chi connectivity index (χ2n) is 4.22. The molecule has 0 radical (unpaired) electrons. The van der Waals surface area contributed by atoms with Gasteiger partial charge in [-0.3, -0.25) is 10.1 Å². The van der Waals surface area contributed by atoms with Crippen LogP contribution in [-0.4, -0.2) is 20.2 Å². The fourth-order valence-corrected chi connectivity index (χ4v) is 2.10. The number of phenolic OH excluding ortho intramolecular Hbond substituents is 3. The summed E-state index contributed by atoms with van der Waals surface area (Å²) in [5.41, 5.74) is 0.741. The lowest BCUT2D eigenvalue weighted by Gasteiger charge is -2.10. The third-order valence-corrected chi connectivity index (χ3v) is 3.51. The lowest BCUT2D eigenvalue weighted by Crippen LogP contribution is -2.00. The minimum absolute atomic E-state index is 0.0854. The van der Waals surface area contributed by atoms with E-state index in [4.69, 9.17) is 0 Å². The third-order valence-electron chi connectivity index (χ3n) is 2.84. The van der Waals surface area contributed by atoms with Crippen LogP contribution in [0.4, 0.5) is 11.4 Å². The summed E-state index contributed by atoms with van der Waals surface area (Å²) in [5.74, 6) is -1.46. The summed E-state index contributed by atoms with van der Waals surface area (Å²) in [6, 6.07) is 7.20. The molecule has 0 atom stereocenters. The van der Waals surface area contributed by atoms with Crippen LogP contribution in [0.2, 0.25) is 0 Å². The molecule has 4 N–H and O–H groups in total. The Hall–Kier alpha value is -2.48. The highest BCUT2D eigenvalue weighted by Crippen LogP contribution is 2.37. The predicted molar refractivity (Wildman–Crippen MR) is 79.6 cm³/mol. The van der Waals surface area contributed by atoms with E-state index in [0.29, 0.717) is 15.7 Å². The summed E-state index contributed by atoms with van der Waals surface area (Å²) < 4.78 is 0.364. The summed E-state index contributed by atoms with van der Waals surface area (Å²) in [6.07, 6.45) is 0. The van der Waals surface area contributed by atoms with Gasteiger partial charge in [0, 0.05) is 23.9 Å². The first-order valence-corrected chi connectivity index (χ1v) is 6.60. The zero-order chi connectivity index (χ0) is 15.6. The molecule has 2 aromatic carbocycles. The van der Waals surface area contributed by atoms with Crippen molar-refractivity contribution < 1.29 is 20.2 Å². The average Bonchev–Trinajstić information content (AvgIpc) is 2.45. The van der Waals surface area contributed by atoms with Gasteiger partial charge >= 0.3 is 0 Å². The molecule has 0 aliphatic heterocycles. The third kappa shape index (κ3) is 3.16. The van der Waals surface area contributed by atoms with E-state index in [1.165, 1.54) is 24.3 Å². The second-order valence-corrected chi connectivity index (χ2v) is 5.07. The molecule has 0 bridgehead atoms. The van der Waals surface area contributed by atoms with Crippen LogP contribution in [0.15, 0.2) is 34.8 Å². The first kappa shape index (κ1) is 14.9. The maximum atomic E-state index is 10.8. The van der Waals surface area contributed by atoms with Crippen molar-refractivity contribution in [3.63, 3.8) is 0 Å². The van der Waals surface area contributed by atoms with Gasteiger partial charge in [0.25, 0.3) is 5.69 Å². The van der Waals surface area contributed by atoms with Gasteiger partial charge < -0.3 is 20.6 Å². The van der Waals surface area contributed by atoms with Gasteiger partial charge in [0.2, 0.25) is 5.75 Å². The van der Waals surface area contributed by atoms with Crippen LogP contribution in [-0.2, 0) is 6.54 Å². The predicted octanol–water partition coefficient (Wildman–Crippen LogP) is 3.09. The molecule has 8 heteroatoms. The molecule has 0 fully saturated rings. The van der Waals surface area contributed by atoms with Crippen molar-refractivity contribution in [1.29, 1.82) is 0 Å². The monoisotopic (exact) mass is 354 g/mol. The molecule has 0 unspecified atom stereocenters. The van der Waals surface area contributed by atoms with Crippen molar-refractivity contribution in [2.75, 3.05) is 5.32 Å². The SMILES string of the molecule is O=[N+]([O-])c1cc(NCc2ccc(O)c(O)c2O)ccc1Br. The quantitative estimate of drug-likeness (QED) is 0.381. The maximum absolute atomic E-state index is 10.8. The van der Waals surface area contributed by atoms with E-state index >= 15 is 0 Å². The fourth-order valence-electron chi connectivity index (χ4n) is 1.71. The van der Waals surface area contributed by atoms with Crippen molar-refractivity contribution in [3.05, 3.63) is 50.5 Å². The number of rotatable bonds is 4. The molecule has 21 heavy (non-hydrogen) atoms. The summed E-state index contributed by atoms with van der Waals surface area (Å²) >= 11 is 3.09. The molecule has 0 heterocycles. The number of benzene rings is 2. The van der Waals surface area contributed by atoms with Crippen LogP contribution in [0.3, 0.4) is 0 Å². The number of nitrogens with one attached hydrogen (secondary N) is 1. The standard InChI is InChI=1S/C13H11BrN2O5/c14-9-3-2-8(5-10(9)16(20)21)15-6-7-1-4-11(17)13(19)12(7)18/h1-5,15,17-19H,6H2. The number of hydrogen-bond donors (Lipinski definition) is 4. The van der Waals surface area contributed by atoms with Gasteiger partial charge in [-0.2, -0.15) is 0 Å². The number of aromatic hydroxyl groups is 3. The number of hydrogen-bond acceptors (Lipinski definition) is 6. The number of anilines is 1. The highest BCUT2D eigenvalue weighted by atomic mass is 79.9. The van der Waals surface area contributed by atoms with E-state index in [2.05, 4.69) is 21.2 Å². The maximum Gasteiger partial charge on any atom is 0.285 e. The smallest absolute Gasteiger partial charge is 0.285 e. The van der Waals surface area contributed by atoms with Crippen LogP contribution >= 0.6 is 15.9 Å². The highest BCUT2D eigenvalue weighted by Gasteiger charge is 2.14. The lowest BCUT2D eigenvalue weighted by molar-refractivity contribution is -0.385. The van der Waals surface area contributed by atoms with Crippen LogP contribution in [0.5, 0.6) is 17.2 Å². The van der Waals surface area contributed by atoms with Crippen molar-refractivity contribution >= 4 is 27.3 Å². The summed E-state index contributed by atoms with van der Waals surface area (Å²) in [6.45, 7) is 0.123. The first-order chi connectivity index (χ1) is 9.90. The van der Waals surface area contributed by atoms with E-state index in [-0.39, 0.29) is 12.2 Å². The Morgan fingerprint density at radius 2 is 1.86 bits per heavy atom. The first-order valence-electron chi connectivity index (χ1n) is 5.80. The molecule has 0 saturated carbocycles. The Kier molecular flexibility index (Phi) is 4.18.